The first kappa shape index (κ1) is 13.9. The highest BCUT2D eigenvalue weighted by molar-refractivity contribution is 6.33. The summed E-state index contributed by atoms with van der Waals surface area (Å²) in [4.78, 5) is 16.3. The van der Waals surface area contributed by atoms with Gasteiger partial charge in [0.15, 0.2) is 5.75 Å². The molecule has 7 heteroatoms. The van der Waals surface area contributed by atoms with E-state index in [2.05, 4.69) is 20.5 Å². The van der Waals surface area contributed by atoms with E-state index in [4.69, 9.17) is 16.3 Å². The molecular weight excluding hydrogens is 292 g/mol. The molecule has 2 aromatic rings. The number of hydrogen-bond acceptors (Lipinski definition) is 4. The van der Waals surface area contributed by atoms with E-state index in [0.717, 1.165) is 19.3 Å². The second-order valence-electron chi connectivity index (χ2n) is 4.93. The van der Waals surface area contributed by atoms with Crippen molar-refractivity contribution < 1.29 is 9.53 Å². The molecule has 2 atom stereocenters. The Balaban J connectivity index is 1.66. The summed E-state index contributed by atoms with van der Waals surface area (Å²) < 4.78 is 5.83. The Morgan fingerprint density at radius 3 is 3.14 bits per heavy atom. The Labute approximate surface area is 126 Å². The molecule has 2 aromatic heterocycles. The van der Waals surface area contributed by atoms with E-state index in [-0.39, 0.29) is 23.7 Å². The van der Waals surface area contributed by atoms with Crippen LogP contribution in [0.5, 0.6) is 5.75 Å². The van der Waals surface area contributed by atoms with Gasteiger partial charge in [-0.2, -0.15) is 5.10 Å². The van der Waals surface area contributed by atoms with Crippen LogP contribution in [-0.2, 0) is 0 Å². The number of amides is 1. The molecule has 0 saturated heterocycles. The lowest BCUT2D eigenvalue weighted by atomic mass is 10.2. The number of halogens is 1. The molecule has 0 bridgehead atoms. The Bertz CT molecular complexity index is 617. The van der Waals surface area contributed by atoms with Gasteiger partial charge in [0.2, 0.25) is 0 Å². The number of aromatic amines is 1. The van der Waals surface area contributed by atoms with Gasteiger partial charge >= 0.3 is 0 Å². The molecule has 1 aliphatic rings. The highest BCUT2D eigenvalue weighted by Crippen LogP contribution is 2.24. The van der Waals surface area contributed by atoms with Crippen LogP contribution in [-0.4, -0.2) is 33.2 Å². The molecule has 0 aromatic carbocycles. The average Bonchev–Trinajstić information content (AvgIpc) is 3.12. The van der Waals surface area contributed by atoms with Crippen LogP contribution >= 0.6 is 11.6 Å². The van der Waals surface area contributed by atoms with E-state index < -0.39 is 0 Å². The monoisotopic (exact) mass is 306 g/mol. The first-order valence-electron chi connectivity index (χ1n) is 6.81. The molecule has 2 heterocycles. The number of carbonyl (C=O) groups is 1. The van der Waals surface area contributed by atoms with E-state index in [1.165, 1.54) is 0 Å². The molecule has 21 heavy (non-hydrogen) atoms. The molecule has 1 saturated carbocycles. The molecule has 0 unspecified atom stereocenters. The van der Waals surface area contributed by atoms with Crippen molar-refractivity contribution in [3.8, 4) is 5.75 Å². The number of carbonyl (C=O) groups excluding carboxylic acids is 1. The predicted molar refractivity (Wildman–Crippen MR) is 77.4 cm³/mol. The van der Waals surface area contributed by atoms with Crippen molar-refractivity contribution in [1.29, 1.82) is 0 Å². The molecular formula is C14H15ClN4O2. The number of aromatic nitrogens is 3. The van der Waals surface area contributed by atoms with Crippen LogP contribution in [0.15, 0.2) is 30.7 Å². The zero-order valence-corrected chi connectivity index (χ0v) is 12.0. The highest BCUT2D eigenvalue weighted by Gasteiger charge is 2.31. The van der Waals surface area contributed by atoms with Crippen LogP contribution in [0.4, 0.5) is 0 Å². The van der Waals surface area contributed by atoms with Crippen molar-refractivity contribution in [2.45, 2.75) is 31.4 Å². The summed E-state index contributed by atoms with van der Waals surface area (Å²) in [6.07, 6.45) is 7.57. The fourth-order valence-electron chi connectivity index (χ4n) is 2.50. The standard InChI is InChI=1S/C14H15ClN4O2/c15-10-3-2-6-16-13(10)14(20)19-11-4-1-5-12(11)21-9-7-17-18-8-9/h2-3,6-8,11-12H,1,4-5H2,(H,17,18)(H,19,20)/t11-,12+/m0/s1. The van der Waals surface area contributed by atoms with Crippen molar-refractivity contribution in [2.24, 2.45) is 0 Å². The fourth-order valence-corrected chi connectivity index (χ4v) is 2.71. The topological polar surface area (TPSA) is 79.9 Å². The van der Waals surface area contributed by atoms with Gasteiger partial charge < -0.3 is 10.1 Å². The largest absolute Gasteiger partial charge is 0.485 e. The maximum atomic E-state index is 12.2. The van der Waals surface area contributed by atoms with Crippen LogP contribution < -0.4 is 10.1 Å². The lowest BCUT2D eigenvalue weighted by Gasteiger charge is -2.21. The molecule has 1 amide bonds. The van der Waals surface area contributed by atoms with Crippen molar-refractivity contribution in [3.63, 3.8) is 0 Å². The van der Waals surface area contributed by atoms with Gasteiger partial charge in [-0.15, -0.1) is 0 Å². The Hall–Kier alpha value is -2.08. The lowest BCUT2D eigenvalue weighted by Crippen LogP contribution is -2.42. The van der Waals surface area contributed by atoms with Crippen molar-refractivity contribution in [1.82, 2.24) is 20.5 Å². The molecule has 110 valence electrons. The SMILES string of the molecule is O=C(N[C@H]1CCC[C@H]1Oc1cn[nH]c1)c1ncccc1Cl. The molecule has 6 nitrogen and oxygen atoms in total. The molecule has 3 rings (SSSR count). The summed E-state index contributed by atoms with van der Waals surface area (Å²) >= 11 is 5.99. The summed E-state index contributed by atoms with van der Waals surface area (Å²) in [5.74, 6) is 0.408. The van der Waals surface area contributed by atoms with E-state index in [1.54, 1.807) is 30.7 Å². The summed E-state index contributed by atoms with van der Waals surface area (Å²) in [5.41, 5.74) is 0.244. The number of pyridine rings is 1. The van der Waals surface area contributed by atoms with Crippen molar-refractivity contribution >= 4 is 17.5 Å². The molecule has 1 fully saturated rings. The number of nitrogens with one attached hydrogen (secondary N) is 2. The zero-order chi connectivity index (χ0) is 14.7. The van der Waals surface area contributed by atoms with Gasteiger partial charge in [-0.3, -0.25) is 9.89 Å². The number of rotatable bonds is 4. The minimum absolute atomic E-state index is 0.0505. The third-order valence-corrected chi connectivity index (χ3v) is 3.81. The van der Waals surface area contributed by atoms with Crippen LogP contribution in [0.25, 0.3) is 0 Å². The average molecular weight is 307 g/mol. The van der Waals surface area contributed by atoms with Gasteiger partial charge in [0.1, 0.15) is 11.8 Å². The fraction of sp³-hybridized carbons (Fsp3) is 0.357. The Morgan fingerprint density at radius 2 is 2.38 bits per heavy atom. The van der Waals surface area contributed by atoms with Crippen LogP contribution in [0.2, 0.25) is 5.02 Å². The zero-order valence-electron chi connectivity index (χ0n) is 11.3. The maximum absolute atomic E-state index is 12.2. The first-order chi connectivity index (χ1) is 10.2. The second kappa shape index (κ2) is 6.13. The van der Waals surface area contributed by atoms with Gasteiger partial charge in [-0.05, 0) is 31.4 Å². The second-order valence-corrected chi connectivity index (χ2v) is 5.34. The summed E-state index contributed by atoms with van der Waals surface area (Å²) in [6, 6.07) is 3.29. The highest BCUT2D eigenvalue weighted by atomic mass is 35.5. The van der Waals surface area contributed by atoms with Crippen LogP contribution in [0, 0.1) is 0 Å². The maximum Gasteiger partial charge on any atom is 0.271 e. The van der Waals surface area contributed by atoms with E-state index >= 15 is 0 Å². The summed E-state index contributed by atoms with van der Waals surface area (Å²) in [7, 11) is 0. The van der Waals surface area contributed by atoms with Gasteiger partial charge in [0.25, 0.3) is 5.91 Å². The van der Waals surface area contributed by atoms with Gasteiger partial charge in [-0.1, -0.05) is 11.6 Å². The number of H-pyrrole nitrogens is 1. The normalized spacial score (nSPS) is 21.2. The van der Waals surface area contributed by atoms with Gasteiger partial charge in [0.05, 0.1) is 23.5 Å². The third-order valence-electron chi connectivity index (χ3n) is 3.50. The smallest absolute Gasteiger partial charge is 0.271 e. The number of nitrogens with zero attached hydrogens (tertiary/aromatic N) is 2. The molecule has 1 aliphatic carbocycles. The third kappa shape index (κ3) is 3.16. The van der Waals surface area contributed by atoms with Gasteiger partial charge in [-0.25, -0.2) is 4.98 Å². The molecule has 2 N–H and O–H groups in total. The lowest BCUT2D eigenvalue weighted by molar-refractivity contribution is 0.0889. The van der Waals surface area contributed by atoms with Gasteiger partial charge in [0, 0.05) is 6.20 Å². The predicted octanol–water partition coefficient (Wildman–Crippen LogP) is 2.19. The van der Waals surface area contributed by atoms with Crippen molar-refractivity contribution in [3.05, 3.63) is 41.4 Å². The van der Waals surface area contributed by atoms with Crippen molar-refractivity contribution in [2.75, 3.05) is 0 Å². The molecule has 0 radical (unpaired) electrons. The summed E-state index contributed by atoms with van der Waals surface area (Å²) in [6.45, 7) is 0. The first-order valence-corrected chi connectivity index (χ1v) is 7.18. The Kier molecular flexibility index (Phi) is 4.06. The van der Waals surface area contributed by atoms with E-state index in [0.29, 0.717) is 10.8 Å². The Morgan fingerprint density at radius 1 is 1.48 bits per heavy atom. The quantitative estimate of drug-likeness (QED) is 0.907. The van der Waals surface area contributed by atoms with Crippen LogP contribution in [0.3, 0.4) is 0 Å². The number of hydrogen-bond donors (Lipinski definition) is 2. The number of ether oxygens (including phenoxy) is 1. The summed E-state index contributed by atoms with van der Waals surface area (Å²) in [5, 5.41) is 9.85. The minimum Gasteiger partial charge on any atom is -0.485 e. The van der Waals surface area contributed by atoms with Crippen LogP contribution in [0.1, 0.15) is 29.8 Å². The molecule has 0 spiro atoms. The van der Waals surface area contributed by atoms with E-state index in [9.17, 15) is 4.79 Å². The molecule has 0 aliphatic heterocycles. The van der Waals surface area contributed by atoms with E-state index in [1.807, 2.05) is 0 Å². The minimum atomic E-state index is -0.270.